The van der Waals surface area contributed by atoms with Gasteiger partial charge in [-0.25, -0.2) is 8.42 Å². The van der Waals surface area contributed by atoms with Crippen LogP contribution in [-0.2, 0) is 9.84 Å². The van der Waals surface area contributed by atoms with Gasteiger partial charge in [0, 0.05) is 25.2 Å². The number of likely N-dealkylation sites (tertiary alicyclic amines) is 1. The number of hydrogen-bond donors (Lipinski definition) is 1. The standard InChI is InChI=1S/C11H23N3O2S/c1-13(6-7-14-4-2-3-5-14)11-9-17(15,16)8-10(11)12/h10-11H,2-9,12H2,1H3. The molecular formula is C11H23N3O2S. The Morgan fingerprint density at radius 3 is 2.47 bits per heavy atom. The molecule has 2 saturated heterocycles. The van der Waals surface area contributed by atoms with E-state index in [0.29, 0.717) is 0 Å². The molecule has 0 aromatic rings. The largest absolute Gasteiger partial charge is 0.325 e. The minimum absolute atomic E-state index is 0.00241. The van der Waals surface area contributed by atoms with Crippen LogP contribution >= 0.6 is 0 Å². The summed E-state index contributed by atoms with van der Waals surface area (Å²) in [5.41, 5.74) is 5.90. The Kier molecular flexibility index (Phi) is 4.07. The lowest BCUT2D eigenvalue weighted by Crippen LogP contribution is -2.47. The molecule has 0 radical (unpaired) electrons. The first-order valence-electron chi connectivity index (χ1n) is 6.36. The molecule has 2 atom stereocenters. The summed E-state index contributed by atoms with van der Waals surface area (Å²) in [6.45, 7) is 4.30. The van der Waals surface area contributed by atoms with Gasteiger partial charge in [-0.3, -0.25) is 4.90 Å². The molecule has 0 aromatic carbocycles. The van der Waals surface area contributed by atoms with Crippen LogP contribution < -0.4 is 5.73 Å². The SMILES string of the molecule is CN(CCN1CCCC1)C1CS(=O)(=O)CC1N. The average Bonchev–Trinajstić information content (AvgIpc) is 2.82. The quantitative estimate of drug-likeness (QED) is 0.713. The molecule has 0 aromatic heterocycles. The molecule has 0 saturated carbocycles. The van der Waals surface area contributed by atoms with Gasteiger partial charge in [0.1, 0.15) is 0 Å². The van der Waals surface area contributed by atoms with Gasteiger partial charge in [-0.1, -0.05) is 0 Å². The lowest BCUT2D eigenvalue weighted by Gasteiger charge is -2.28. The molecule has 2 fully saturated rings. The summed E-state index contributed by atoms with van der Waals surface area (Å²) >= 11 is 0. The Hall–Kier alpha value is -0.170. The van der Waals surface area contributed by atoms with E-state index < -0.39 is 9.84 Å². The summed E-state index contributed by atoms with van der Waals surface area (Å²) in [5.74, 6) is 0.371. The predicted octanol–water partition coefficient (Wildman–Crippen LogP) is -0.862. The zero-order chi connectivity index (χ0) is 12.5. The van der Waals surface area contributed by atoms with Gasteiger partial charge in [0.25, 0.3) is 0 Å². The van der Waals surface area contributed by atoms with Crippen LogP contribution in [0, 0.1) is 0 Å². The van der Waals surface area contributed by atoms with E-state index in [1.807, 2.05) is 7.05 Å². The fourth-order valence-corrected chi connectivity index (χ4v) is 4.75. The first-order chi connectivity index (χ1) is 7.98. The monoisotopic (exact) mass is 261 g/mol. The summed E-state index contributed by atoms with van der Waals surface area (Å²) in [7, 11) is -0.920. The van der Waals surface area contributed by atoms with Crippen LogP contribution in [0.1, 0.15) is 12.8 Å². The molecule has 2 heterocycles. The molecule has 2 rings (SSSR count). The second-order valence-corrected chi connectivity index (χ2v) is 7.49. The van der Waals surface area contributed by atoms with E-state index in [1.165, 1.54) is 25.9 Å². The highest BCUT2D eigenvalue weighted by atomic mass is 32.2. The van der Waals surface area contributed by atoms with Crippen molar-refractivity contribution in [2.45, 2.75) is 24.9 Å². The number of nitrogens with zero attached hydrogens (tertiary/aromatic N) is 2. The maximum atomic E-state index is 11.5. The van der Waals surface area contributed by atoms with E-state index in [4.69, 9.17) is 5.73 Å². The minimum atomic E-state index is -2.91. The van der Waals surface area contributed by atoms with E-state index in [0.717, 1.165) is 13.1 Å². The number of rotatable bonds is 4. The van der Waals surface area contributed by atoms with Gasteiger partial charge >= 0.3 is 0 Å². The first-order valence-corrected chi connectivity index (χ1v) is 8.19. The average molecular weight is 261 g/mol. The van der Waals surface area contributed by atoms with Crippen molar-refractivity contribution < 1.29 is 8.42 Å². The molecule has 17 heavy (non-hydrogen) atoms. The smallest absolute Gasteiger partial charge is 0.153 e. The second-order valence-electron chi connectivity index (χ2n) is 5.34. The minimum Gasteiger partial charge on any atom is -0.325 e. The van der Waals surface area contributed by atoms with Gasteiger partial charge in [0.05, 0.1) is 11.5 Å². The van der Waals surface area contributed by atoms with E-state index >= 15 is 0 Å². The van der Waals surface area contributed by atoms with Crippen LogP contribution in [0.4, 0.5) is 0 Å². The maximum Gasteiger partial charge on any atom is 0.153 e. The summed E-state index contributed by atoms with van der Waals surface area (Å²) < 4.78 is 23.0. The van der Waals surface area contributed by atoms with Crippen molar-refractivity contribution in [1.82, 2.24) is 9.80 Å². The van der Waals surface area contributed by atoms with Crippen LogP contribution in [0.2, 0.25) is 0 Å². The second kappa shape index (κ2) is 5.22. The van der Waals surface area contributed by atoms with Crippen molar-refractivity contribution in [2.24, 2.45) is 5.73 Å². The first kappa shape index (κ1) is 13.3. The highest BCUT2D eigenvalue weighted by molar-refractivity contribution is 7.91. The van der Waals surface area contributed by atoms with E-state index in [2.05, 4.69) is 9.80 Å². The maximum absolute atomic E-state index is 11.5. The third kappa shape index (κ3) is 3.40. The molecule has 6 heteroatoms. The summed E-state index contributed by atoms with van der Waals surface area (Å²) in [6.07, 6.45) is 2.59. The molecule has 0 spiro atoms. The molecule has 2 N–H and O–H groups in total. The Bertz CT molecular complexity index is 352. The van der Waals surface area contributed by atoms with E-state index in [9.17, 15) is 8.42 Å². The number of hydrogen-bond acceptors (Lipinski definition) is 5. The molecule has 2 aliphatic rings. The Labute approximate surface area is 104 Å². The van der Waals surface area contributed by atoms with Gasteiger partial charge in [0.15, 0.2) is 9.84 Å². The van der Waals surface area contributed by atoms with Crippen molar-refractivity contribution in [2.75, 3.05) is 44.7 Å². The van der Waals surface area contributed by atoms with Crippen LogP contribution in [0.3, 0.4) is 0 Å². The highest BCUT2D eigenvalue weighted by Crippen LogP contribution is 2.16. The predicted molar refractivity (Wildman–Crippen MR) is 68.7 cm³/mol. The molecule has 0 aliphatic carbocycles. The zero-order valence-corrected chi connectivity index (χ0v) is 11.3. The molecular weight excluding hydrogens is 238 g/mol. The van der Waals surface area contributed by atoms with Crippen molar-refractivity contribution >= 4 is 9.84 Å². The zero-order valence-electron chi connectivity index (χ0n) is 10.5. The van der Waals surface area contributed by atoms with Gasteiger partial charge < -0.3 is 10.6 Å². The third-order valence-corrected chi connectivity index (χ3v) is 5.64. The topological polar surface area (TPSA) is 66.6 Å². The number of likely N-dealkylation sites (N-methyl/N-ethyl adjacent to an activating group) is 1. The van der Waals surface area contributed by atoms with Crippen LogP contribution in [0.5, 0.6) is 0 Å². The van der Waals surface area contributed by atoms with Crippen molar-refractivity contribution in [3.05, 3.63) is 0 Å². The van der Waals surface area contributed by atoms with Crippen molar-refractivity contribution in [1.29, 1.82) is 0 Å². The van der Waals surface area contributed by atoms with Gasteiger partial charge in [-0.2, -0.15) is 0 Å². The van der Waals surface area contributed by atoms with Gasteiger partial charge in [0.2, 0.25) is 0 Å². The van der Waals surface area contributed by atoms with Gasteiger partial charge in [-0.15, -0.1) is 0 Å². The van der Waals surface area contributed by atoms with Gasteiger partial charge in [-0.05, 0) is 33.0 Å². The van der Waals surface area contributed by atoms with Crippen LogP contribution in [0.25, 0.3) is 0 Å². The molecule has 0 amide bonds. The van der Waals surface area contributed by atoms with E-state index in [1.54, 1.807) is 0 Å². The van der Waals surface area contributed by atoms with E-state index in [-0.39, 0.29) is 23.6 Å². The fourth-order valence-electron chi connectivity index (χ4n) is 2.78. The summed E-state index contributed by atoms with van der Waals surface area (Å²) in [4.78, 5) is 4.55. The summed E-state index contributed by atoms with van der Waals surface area (Å²) in [6, 6.07) is -0.216. The van der Waals surface area contributed by atoms with Crippen molar-refractivity contribution in [3.8, 4) is 0 Å². The normalized spacial score (nSPS) is 33.6. The Morgan fingerprint density at radius 2 is 1.94 bits per heavy atom. The lowest BCUT2D eigenvalue weighted by molar-refractivity contribution is 0.207. The summed E-state index contributed by atoms with van der Waals surface area (Å²) in [5, 5.41) is 0. The Balaban J connectivity index is 1.81. The van der Waals surface area contributed by atoms with Crippen LogP contribution in [0.15, 0.2) is 0 Å². The molecule has 100 valence electrons. The lowest BCUT2D eigenvalue weighted by atomic mass is 10.1. The molecule has 2 aliphatic heterocycles. The third-order valence-electron chi connectivity index (χ3n) is 3.90. The molecule has 5 nitrogen and oxygen atoms in total. The fraction of sp³-hybridized carbons (Fsp3) is 1.00. The highest BCUT2D eigenvalue weighted by Gasteiger charge is 2.37. The number of nitrogens with two attached hydrogens (primary N) is 1. The Morgan fingerprint density at radius 1 is 1.29 bits per heavy atom. The number of sulfone groups is 1. The van der Waals surface area contributed by atoms with Crippen LogP contribution in [-0.4, -0.2) is 75.0 Å². The molecule has 0 bridgehead atoms. The molecule has 2 unspecified atom stereocenters. The van der Waals surface area contributed by atoms with Crippen molar-refractivity contribution in [3.63, 3.8) is 0 Å².